The summed E-state index contributed by atoms with van der Waals surface area (Å²) >= 11 is 1.43. The number of phenolic OH excluding ortho intramolecular Hbond substituents is 1. The molecule has 0 saturated heterocycles. The fourth-order valence-corrected chi connectivity index (χ4v) is 4.63. The lowest BCUT2D eigenvalue weighted by Crippen LogP contribution is -2.36. The van der Waals surface area contributed by atoms with Crippen LogP contribution in [0.15, 0.2) is 29.1 Å². The maximum Gasteiger partial charge on any atom is 0.333 e. The molecule has 1 amide bonds. The summed E-state index contributed by atoms with van der Waals surface area (Å²) in [6.45, 7) is 0. The summed E-state index contributed by atoms with van der Waals surface area (Å²) in [6.07, 6.45) is 2.78. The number of amides is 1. The number of fused-ring (bicyclic) bond motifs is 3. The quantitative estimate of drug-likeness (QED) is 0.576. The Morgan fingerprint density at radius 1 is 1.29 bits per heavy atom. The maximum absolute atomic E-state index is 12.7. The number of carbonyl (C=O) groups is 2. The fraction of sp³-hybridized carbons (Fsp3) is 0.263. The van der Waals surface area contributed by atoms with Crippen molar-refractivity contribution in [2.75, 3.05) is 7.11 Å². The Labute approximate surface area is 163 Å². The van der Waals surface area contributed by atoms with Gasteiger partial charge in [-0.05, 0) is 42.5 Å². The molecular formula is C19H17N3O5S. The highest BCUT2D eigenvalue weighted by Crippen LogP contribution is 2.34. The third-order valence-electron chi connectivity index (χ3n) is 4.73. The Kier molecular flexibility index (Phi) is 4.60. The summed E-state index contributed by atoms with van der Waals surface area (Å²) in [6, 6.07) is 4.70. The van der Waals surface area contributed by atoms with Gasteiger partial charge in [0.1, 0.15) is 10.6 Å². The van der Waals surface area contributed by atoms with Gasteiger partial charge >= 0.3 is 5.97 Å². The fourth-order valence-electron chi connectivity index (χ4n) is 3.37. The predicted octanol–water partition coefficient (Wildman–Crippen LogP) is 1.82. The standard InChI is InChI=1S/C19H17N3O5S/c1-27-19(26)14(9-5-7-10(23)8-6-9)20-17(25)15-21-16(24)13-11-3-2-4-12(11)28-18(13)22-15/h5-8,14,23H,2-4H2,1H3,(H,20,25)(H,21,22,24)/t14-/m0/s1. The minimum atomic E-state index is -1.10. The van der Waals surface area contributed by atoms with Crippen molar-refractivity contribution in [3.8, 4) is 5.75 Å². The van der Waals surface area contributed by atoms with E-state index < -0.39 is 17.9 Å². The van der Waals surface area contributed by atoms with Crippen molar-refractivity contribution in [3.05, 3.63) is 56.4 Å². The van der Waals surface area contributed by atoms with Gasteiger partial charge in [-0.15, -0.1) is 11.3 Å². The number of ether oxygens (including phenoxy) is 1. The molecule has 0 saturated carbocycles. The van der Waals surface area contributed by atoms with E-state index in [1.54, 1.807) is 0 Å². The van der Waals surface area contributed by atoms with E-state index in [0.29, 0.717) is 15.8 Å². The summed E-state index contributed by atoms with van der Waals surface area (Å²) in [5.74, 6) is -1.51. The van der Waals surface area contributed by atoms with Crippen LogP contribution < -0.4 is 10.9 Å². The minimum Gasteiger partial charge on any atom is -0.508 e. The Bertz CT molecular complexity index is 1130. The van der Waals surface area contributed by atoms with Gasteiger partial charge in [-0.2, -0.15) is 0 Å². The number of aromatic amines is 1. The van der Waals surface area contributed by atoms with E-state index in [9.17, 15) is 19.5 Å². The van der Waals surface area contributed by atoms with Gasteiger partial charge in [0.25, 0.3) is 11.5 Å². The molecule has 0 radical (unpaired) electrons. The number of aryl methyl sites for hydroxylation is 2. The van der Waals surface area contributed by atoms with E-state index in [4.69, 9.17) is 4.74 Å². The molecule has 3 N–H and O–H groups in total. The molecule has 9 heteroatoms. The second kappa shape index (κ2) is 7.08. The number of nitrogens with one attached hydrogen (secondary N) is 2. The van der Waals surface area contributed by atoms with Crippen LogP contribution in [-0.4, -0.2) is 34.1 Å². The molecule has 8 nitrogen and oxygen atoms in total. The number of nitrogens with zero attached hydrogens (tertiary/aromatic N) is 1. The molecule has 2 aromatic heterocycles. The Balaban J connectivity index is 1.67. The van der Waals surface area contributed by atoms with E-state index >= 15 is 0 Å². The molecule has 1 atom stereocenters. The van der Waals surface area contributed by atoms with Gasteiger partial charge in [0.15, 0.2) is 6.04 Å². The van der Waals surface area contributed by atoms with Crippen molar-refractivity contribution in [2.45, 2.75) is 25.3 Å². The number of H-pyrrole nitrogens is 1. The Hall–Kier alpha value is -3.20. The lowest BCUT2D eigenvalue weighted by Gasteiger charge is -2.16. The highest BCUT2D eigenvalue weighted by Gasteiger charge is 2.27. The van der Waals surface area contributed by atoms with E-state index in [2.05, 4.69) is 15.3 Å². The van der Waals surface area contributed by atoms with Gasteiger partial charge in [0, 0.05) is 4.88 Å². The second-order valence-corrected chi connectivity index (χ2v) is 7.56. The Morgan fingerprint density at radius 2 is 2.04 bits per heavy atom. The molecule has 1 aliphatic rings. The van der Waals surface area contributed by atoms with Crippen LogP contribution in [0.1, 0.15) is 39.1 Å². The first-order valence-corrected chi connectivity index (χ1v) is 9.51. The summed E-state index contributed by atoms with van der Waals surface area (Å²) in [5.41, 5.74) is 1.10. The van der Waals surface area contributed by atoms with Crippen LogP contribution in [0, 0.1) is 0 Å². The van der Waals surface area contributed by atoms with Gasteiger partial charge in [0.05, 0.1) is 12.5 Å². The van der Waals surface area contributed by atoms with Crippen LogP contribution in [0.2, 0.25) is 0 Å². The molecule has 4 rings (SSSR count). The monoisotopic (exact) mass is 399 g/mol. The molecule has 0 aliphatic heterocycles. The number of phenols is 1. The number of hydrogen-bond donors (Lipinski definition) is 3. The van der Waals surface area contributed by atoms with Crippen molar-refractivity contribution in [1.29, 1.82) is 0 Å². The van der Waals surface area contributed by atoms with Crippen LogP contribution in [0.4, 0.5) is 0 Å². The molecule has 144 valence electrons. The molecule has 3 aromatic rings. The smallest absolute Gasteiger partial charge is 0.333 e. The Morgan fingerprint density at radius 3 is 2.75 bits per heavy atom. The molecule has 2 heterocycles. The van der Waals surface area contributed by atoms with Crippen molar-refractivity contribution in [1.82, 2.24) is 15.3 Å². The molecule has 1 aliphatic carbocycles. The molecule has 0 spiro atoms. The number of aromatic nitrogens is 2. The van der Waals surface area contributed by atoms with E-state index in [0.717, 1.165) is 29.7 Å². The van der Waals surface area contributed by atoms with Gasteiger partial charge in [-0.1, -0.05) is 12.1 Å². The number of esters is 1. The first-order valence-electron chi connectivity index (χ1n) is 8.70. The number of thiophene rings is 1. The molecular weight excluding hydrogens is 382 g/mol. The third-order valence-corrected chi connectivity index (χ3v) is 5.91. The maximum atomic E-state index is 12.7. The number of methoxy groups -OCH3 is 1. The average molecular weight is 399 g/mol. The molecule has 0 unspecified atom stereocenters. The van der Waals surface area contributed by atoms with Crippen LogP contribution >= 0.6 is 11.3 Å². The van der Waals surface area contributed by atoms with E-state index in [1.807, 2.05) is 0 Å². The van der Waals surface area contributed by atoms with Crippen LogP contribution in [0.25, 0.3) is 10.2 Å². The van der Waals surface area contributed by atoms with Crippen molar-refractivity contribution < 1.29 is 19.4 Å². The van der Waals surface area contributed by atoms with Crippen LogP contribution in [0.5, 0.6) is 5.75 Å². The zero-order chi connectivity index (χ0) is 19.8. The predicted molar refractivity (Wildman–Crippen MR) is 103 cm³/mol. The van der Waals surface area contributed by atoms with Gasteiger partial charge < -0.3 is 20.1 Å². The lowest BCUT2D eigenvalue weighted by atomic mass is 10.1. The van der Waals surface area contributed by atoms with E-state index in [1.165, 1.54) is 42.7 Å². The zero-order valence-electron chi connectivity index (χ0n) is 14.9. The second-order valence-electron chi connectivity index (χ2n) is 6.47. The minimum absolute atomic E-state index is 0.0286. The van der Waals surface area contributed by atoms with Gasteiger partial charge in [-0.3, -0.25) is 9.59 Å². The first-order chi connectivity index (χ1) is 13.5. The normalized spacial score (nSPS) is 13.9. The van der Waals surface area contributed by atoms with E-state index in [-0.39, 0.29) is 17.1 Å². The number of hydrogen-bond acceptors (Lipinski definition) is 7. The summed E-state index contributed by atoms with van der Waals surface area (Å²) in [7, 11) is 1.21. The SMILES string of the molecule is COC(=O)[C@@H](NC(=O)c1nc2sc3c(c2c(=O)[nH]1)CCC3)c1ccc(O)cc1. The average Bonchev–Trinajstić information content (AvgIpc) is 3.26. The summed E-state index contributed by atoms with van der Waals surface area (Å²) in [5, 5.41) is 12.5. The number of carbonyl (C=O) groups excluding carboxylic acids is 2. The lowest BCUT2D eigenvalue weighted by molar-refractivity contribution is -0.143. The molecule has 0 fully saturated rings. The highest BCUT2D eigenvalue weighted by molar-refractivity contribution is 7.18. The van der Waals surface area contributed by atoms with Gasteiger partial charge in [0.2, 0.25) is 5.82 Å². The number of rotatable bonds is 4. The van der Waals surface area contributed by atoms with Crippen molar-refractivity contribution >= 4 is 33.4 Å². The molecule has 1 aromatic carbocycles. The zero-order valence-corrected chi connectivity index (χ0v) is 15.8. The van der Waals surface area contributed by atoms with Crippen molar-refractivity contribution in [3.63, 3.8) is 0 Å². The largest absolute Gasteiger partial charge is 0.508 e. The summed E-state index contributed by atoms with van der Waals surface area (Å²) in [4.78, 5) is 45.9. The van der Waals surface area contributed by atoms with Crippen LogP contribution in [-0.2, 0) is 22.4 Å². The topological polar surface area (TPSA) is 121 Å². The summed E-state index contributed by atoms with van der Waals surface area (Å²) < 4.78 is 4.76. The third kappa shape index (κ3) is 3.13. The first kappa shape index (κ1) is 18.2. The van der Waals surface area contributed by atoms with Crippen LogP contribution in [0.3, 0.4) is 0 Å². The van der Waals surface area contributed by atoms with Crippen molar-refractivity contribution in [2.24, 2.45) is 0 Å². The molecule has 0 bridgehead atoms. The van der Waals surface area contributed by atoms with Gasteiger partial charge in [-0.25, -0.2) is 9.78 Å². The molecule has 28 heavy (non-hydrogen) atoms. The number of benzene rings is 1. The number of aromatic hydroxyl groups is 1. The highest BCUT2D eigenvalue weighted by atomic mass is 32.1.